The summed E-state index contributed by atoms with van der Waals surface area (Å²) in [5, 5.41) is 0.656. The molecule has 1 saturated heterocycles. The molecule has 1 fully saturated rings. The van der Waals surface area contributed by atoms with Crippen molar-refractivity contribution in [2.75, 3.05) is 11.4 Å². The number of rotatable bonds is 3. The molecule has 1 heterocycles. The molecule has 1 aliphatic heterocycles. The fourth-order valence-electron chi connectivity index (χ4n) is 2.19. The van der Waals surface area contributed by atoms with Crippen LogP contribution in [-0.4, -0.2) is 18.5 Å². The van der Waals surface area contributed by atoms with Gasteiger partial charge in [0.25, 0.3) is 0 Å². The van der Waals surface area contributed by atoms with E-state index in [2.05, 4.69) is 0 Å². The third-order valence-electron chi connectivity index (χ3n) is 2.91. The number of anilines is 1. The molecule has 0 saturated carbocycles. The molecular formula is C12H15ClN2O. The smallest absolute Gasteiger partial charge is 0.227 e. The van der Waals surface area contributed by atoms with Crippen molar-refractivity contribution < 1.29 is 4.79 Å². The molecule has 16 heavy (non-hydrogen) atoms. The SMILES string of the molecule is NCCC1CCC(=O)N1c1cccc(Cl)c1. The standard InChI is InChI=1S/C12H15ClN2O/c13-9-2-1-3-11(8-9)15-10(6-7-14)4-5-12(15)16/h1-3,8,10H,4-7,14H2. The fourth-order valence-corrected chi connectivity index (χ4v) is 2.37. The lowest BCUT2D eigenvalue weighted by Gasteiger charge is -2.24. The number of hydrogen-bond donors (Lipinski definition) is 1. The first kappa shape index (κ1) is 11.4. The number of carbonyl (C=O) groups excluding carboxylic acids is 1. The predicted molar refractivity (Wildman–Crippen MR) is 65.6 cm³/mol. The van der Waals surface area contributed by atoms with Crippen molar-refractivity contribution in [3.8, 4) is 0 Å². The summed E-state index contributed by atoms with van der Waals surface area (Å²) in [6, 6.07) is 7.65. The van der Waals surface area contributed by atoms with E-state index >= 15 is 0 Å². The molecule has 0 aliphatic carbocycles. The topological polar surface area (TPSA) is 46.3 Å². The van der Waals surface area contributed by atoms with E-state index in [9.17, 15) is 4.79 Å². The first-order valence-electron chi connectivity index (χ1n) is 5.50. The van der Waals surface area contributed by atoms with E-state index in [1.807, 2.05) is 29.2 Å². The van der Waals surface area contributed by atoms with Gasteiger partial charge >= 0.3 is 0 Å². The van der Waals surface area contributed by atoms with Crippen LogP contribution in [0.5, 0.6) is 0 Å². The largest absolute Gasteiger partial charge is 0.330 e. The molecule has 0 radical (unpaired) electrons. The molecule has 1 aromatic rings. The number of benzene rings is 1. The van der Waals surface area contributed by atoms with Crippen molar-refractivity contribution >= 4 is 23.2 Å². The fraction of sp³-hybridized carbons (Fsp3) is 0.417. The number of hydrogen-bond acceptors (Lipinski definition) is 2. The number of amides is 1. The summed E-state index contributed by atoms with van der Waals surface area (Å²) in [6.45, 7) is 0.606. The molecule has 86 valence electrons. The van der Waals surface area contributed by atoms with Crippen LogP contribution in [0.2, 0.25) is 5.02 Å². The van der Waals surface area contributed by atoms with E-state index in [4.69, 9.17) is 17.3 Å². The van der Waals surface area contributed by atoms with E-state index < -0.39 is 0 Å². The molecule has 1 unspecified atom stereocenters. The Labute approximate surface area is 100 Å². The monoisotopic (exact) mass is 238 g/mol. The Morgan fingerprint density at radius 3 is 3.00 bits per heavy atom. The maximum absolute atomic E-state index is 11.8. The lowest BCUT2D eigenvalue weighted by Crippen LogP contribution is -2.34. The molecular weight excluding hydrogens is 224 g/mol. The highest BCUT2D eigenvalue weighted by atomic mass is 35.5. The minimum Gasteiger partial charge on any atom is -0.330 e. The highest BCUT2D eigenvalue weighted by molar-refractivity contribution is 6.30. The van der Waals surface area contributed by atoms with E-state index in [-0.39, 0.29) is 11.9 Å². The highest BCUT2D eigenvalue weighted by Crippen LogP contribution is 2.29. The zero-order chi connectivity index (χ0) is 11.5. The van der Waals surface area contributed by atoms with Gasteiger partial charge in [0.15, 0.2) is 0 Å². The minimum absolute atomic E-state index is 0.167. The van der Waals surface area contributed by atoms with Gasteiger partial charge in [-0.05, 0) is 37.6 Å². The van der Waals surface area contributed by atoms with Crippen LogP contribution in [0.15, 0.2) is 24.3 Å². The van der Waals surface area contributed by atoms with Gasteiger partial charge in [0, 0.05) is 23.2 Å². The van der Waals surface area contributed by atoms with Gasteiger partial charge < -0.3 is 10.6 Å². The summed E-state index contributed by atoms with van der Waals surface area (Å²) in [5.74, 6) is 0.167. The normalized spacial score (nSPS) is 20.5. The van der Waals surface area contributed by atoms with Gasteiger partial charge in [-0.1, -0.05) is 17.7 Å². The molecule has 0 aromatic heterocycles. The van der Waals surface area contributed by atoms with E-state index in [1.54, 1.807) is 0 Å². The lowest BCUT2D eigenvalue weighted by atomic mass is 10.1. The van der Waals surface area contributed by atoms with Crippen LogP contribution in [0.4, 0.5) is 5.69 Å². The van der Waals surface area contributed by atoms with Crippen LogP contribution < -0.4 is 10.6 Å². The molecule has 1 aliphatic rings. The molecule has 2 N–H and O–H groups in total. The van der Waals surface area contributed by atoms with Gasteiger partial charge in [-0.2, -0.15) is 0 Å². The second-order valence-electron chi connectivity index (χ2n) is 4.01. The molecule has 1 amide bonds. The van der Waals surface area contributed by atoms with Crippen LogP contribution in [0, 0.1) is 0 Å². The van der Waals surface area contributed by atoms with Crippen molar-refractivity contribution in [3.63, 3.8) is 0 Å². The number of carbonyl (C=O) groups is 1. The summed E-state index contributed by atoms with van der Waals surface area (Å²) < 4.78 is 0. The van der Waals surface area contributed by atoms with Gasteiger partial charge in [-0.15, -0.1) is 0 Å². The Hall–Kier alpha value is -1.06. The summed E-state index contributed by atoms with van der Waals surface area (Å²) >= 11 is 5.93. The van der Waals surface area contributed by atoms with E-state index in [0.717, 1.165) is 18.5 Å². The van der Waals surface area contributed by atoms with Crippen LogP contribution in [0.1, 0.15) is 19.3 Å². The van der Waals surface area contributed by atoms with Crippen molar-refractivity contribution in [1.82, 2.24) is 0 Å². The van der Waals surface area contributed by atoms with Gasteiger partial charge in [0.2, 0.25) is 5.91 Å². The van der Waals surface area contributed by atoms with Crippen LogP contribution in [0.3, 0.4) is 0 Å². The first-order valence-corrected chi connectivity index (χ1v) is 5.88. The second-order valence-corrected chi connectivity index (χ2v) is 4.45. The van der Waals surface area contributed by atoms with Gasteiger partial charge in [0.05, 0.1) is 0 Å². The Balaban J connectivity index is 2.26. The predicted octanol–water partition coefficient (Wildman–Crippen LogP) is 2.18. The zero-order valence-electron chi connectivity index (χ0n) is 9.03. The molecule has 2 rings (SSSR count). The van der Waals surface area contributed by atoms with Crippen molar-refractivity contribution in [3.05, 3.63) is 29.3 Å². The Morgan fingerprint density at radius 1 is 1.50 bits per heavy atom. The molecule has 1 aromatic carbocycles. The van der Waals surface area contributed by atoms with Gasteiger partial charge in [-0.25, -0.2) is 0 Å². The van der Waals surface area contributed by atoms with Crippen molar-refractivity contribution in [2.24, 2.45) is 5.73 Å². The molecule has 0 spiro atoms. The molecule has 0 bridgehead atoms. The number of halogens is 1. The Morgan fingerprint density at radius 2 is 2.31 bits per heavy atom. The van der Waals surface area contributed by atoms with E-state index in [0.29, 0.717) is 18.0 Å². The summed E-state index contributed by atoms with van der Waals surface area (Å²) in [7, 11) is 0. The van der Waals surface area contributed by atoms with E-state index in [1.165, 1.54) is 0 Å². The van der Waals surface area contributed by atoms with Crippen molar-refractivity contribution in [2.45, 2.75) is 25.3 Å². The summed E-state index contributed by atoms with van der Waals surface area (Å²) in [4.78, 5) is 13.6. The maximum atomic E-state index is 11.8. The molecule has 4 heteroatoms. The van der Waals surface area contributed by atoms with Crippen molar-refractivity contribution in [1.29, 1.82) is 0 Å². The summed E-state index contributed by atoms with van der Waals surface area (Å²) in [5.41, 5.74) is 6.44. The highest BCUT2D eigenvalue weighted by Gasteiger charge is 2.31. The average molecular weight is 239 g/mol. The maximum Gasteiger partial charge on any atom is 0.227 e. The zero-order valence-corrected chi connectivity index (χ0v) is 9.78. The Kier molecular flexibility index (Phi) is 3.46. The number of nitrogens with zero attached hydrogens (tertiary/aromatic N) is 1. The lowest BCUT2D eigenvalue weighted by molar-refractivity contribution is -0.117. The summed E-state index contributed by atoms with van der Waals surface area (Å²) in [6.07, 6.45) is 2.35. The first-order chi connectivity index (χ1) is 7.72. The number of nitrogens with two attached hydrogens (primary N) is 1. The third-order valence-corrected chi connectivity index (χ3v) is 3.15. The third kappa shape index (κ3) is 2.20. The quantitative estimate of drug-likeness (QED) is 0.878. The molecule has 1 atom stereocenters. The minimum atomic E-state index is 0.167. The van der Waals surface area contributed by atoms with Crippen LogP contribution in [-0.2, 0) is 4.79 Å². The van der Waals surface area contributed by atoms with Gasteiger partial charge in [-0.3, -0.25) is 4.79 Å². The van der Waals surface area contributed by atoms with Gasteiger partial charge in [0.1, 0.15) is 0 Å². The Bertz CT molecular complexity index is 394. The second kappa shape index (κ2) is 4.85. The van der Waals surface area contributed by atoms with Crippen LogP contribution in [0.25, 0.3) is 0 Å². The molecule has 3 nitrogen and oxygen atoms in total. The average Bonchev–Trinajstić information content (AvgIpc) is 2.60. The van der Waals surface area contributed by atoms with Crippen LogP contribution >= 0.6 is 11.6 Å².